The zero-order chi connectivity index (χ0) is 13.1. The quantitative estimate of drug-likeness (QED) is 0.819. The molecule has 0 aliphatic carbocycles. The number of carbonyl (C=O) groups is 1. The Bertz CT molecular complexity index is 583. The van der Waals surface area contributed by atoms with Gasteiger partial charge in [0.2, 0.25) is 0 Å². The third kappa shape index (κ3) is 2.28. The Hall–Kier alpha value is -1.69. The standard InChI is InChI=1S/C12H10BrFN2O2/c1-18-12(17)10-7-15-16(11(10)6-14)9-4-2-3-8(13)5-9/h2-5,7H,6H2,1H3. The van der Waals surface area contributed by atoms with Gasteiger partial charge in [0.15, 0.2) is 0 Å². The first-order chi connectivity index (χ1) is 8.67. The molecule has 18 heavy (non-hydrogen) atoms. The Morgan fingerprint density at radius 1 is 1.56 bits per heavy atom. The Labute approximate surface area is 111 Å². The van der Waals surface area contributed by atoms with Crippen LogP contribution in [0.1, 0.15) is 16.1 Å². The van der Waals surface area contributed by atoms with E-state index >= 15 is 0 Å². The Kier molecular flexibility index (Phi) is 3.76. The maximum Gasteiger partial charge on any atom is 0.341 e. The highest BCUT2D eigenvalue weighted by Crippen LogP contribution is 2.20. The molecular weight excluding hydrogens is 303 g/mol. The average Bonchev–Trinajstić information content (AvgIpc) is 2.81. The summed E-state index contributed by atoms with van der Waals surface area (Å²) in [5, 5.41) is 4.02. The number of carbonyl (C=O) groups excluding carboxylic acids is 1. The second-order valence-corrected chi connectivity index (χ2v) is 4.44. The fourth-order valence-electron chi connectivity index (χ4n) is 1.61. The van der Waals surface area contributed by atoms with Crippen LogP contribution in [0.2, 0.25) is 0 Å². The van der Waals surface area contributed by atoms with Crippen LogP contribution in [-0.4, -0.2) is 22.9 Å². The Balaban J connectivity index is 2.52. The number of methoxy groups -OCH3 is 1. The topological polar surface area (TPSA) is 44.1 Å². The molecule has 0 spiro atoms. The number of hydrogen-bond acceptors (Lipinski definition) is 3. The largest absolute Gasteiger partial charge is 0.465 e. The van der Waals surface area contributed by atoms with Crippen LogP contribution < -0.4 is 0 Å². The van der Waals surface area contributed by atoms with E-state index in [9.17, 15) is 9.18 Å². The monoisotopic (exact) mass is 312 g/mol. The number of hydrogen-bond donors (Lipinski definition) is 0. The SMILES string of the molecule is COC(=O)c1cnn(-c2cccc(Br)c2)c1CF. The summed E-state index contributed by atoms with van der Waals surface area (Å²) in [6.07, 6.45) is 1.31. The van der Waals surface area contributed by atoms with Crippen molar-refractivity contribution in [2.75, 3.05) is 7.11 Å². The summed E-state index contributed by atoms with van der Waals surface area (Å²) in [6.45, 7) is -0.795. The van der Waals surface area contributed by atoms with E-state index in [4.69, 9.17) is 0 Å². The molecule has 0 atom stereocenters. The molecule has 0 amide bonds. The number of alkyl halides is 1. The number of ether oxygens (including phenoxy) is 1. The molecule has 2 aromatic rings. The van der Waals surface area contributed by atoms with Gasteiger partial charge in [0.25, 0.3) is 0 Å². The predicted molar refractivity (Wildman–Crippen MR) is 67.4 cm³/mol. The third-order valence-corrected chi connectivity index (χ3v) is 2.95. The smallest absolute Gasteiger partial charge is 0.341 e. The van der Waals surface area contributed by atoms with E-state index in [0.717, 1.165) is 4.47 Å². The van der Waals surface area contributed by atoms with Crippen molar-refractivity contribution in [1.29, 1.82) is 0 Å². The van der Waals surface area contributed by atoms with Gasteiger partial charge in [-0.25, -0.2) is 13.9 Å². The van der Waals surface area contributed by atoms with Crippen molar-refractivity contribution in [3.05, 3.63) is 46.2 Å². The van der Waals surface area contributed by atoms with Gasteiger partial charge in [-0.2, -0.15) is 5.10 Å². The number of halogens is 2. The Morgan fingerprint density at radius 3 is 2.94 bits per heavy atom. The molecule has 2 rings (SSSR count). The fraction of sp³-hybridized carbons (Fsp3) is 0.167. The van der Waals surface area contributed by atoms with Gasteiger partial charge in [0, 0.05) is 4.47 Å². The first kappa shape index (κ1) is 12.8. The molecule has 4 nitrogen and oxygen atoms in total. The summed E-state index contributed by atoms with van der Waals surface area (Å²) in [5.74, 6) is -0.594. The first-order valence-electron chi connectivity index (χ1n) is 5.14. The normalized spacial score (nSPS) is 10.4. The van der Waals surface area contributed by atoms with E-state index in [-0.39, 0.29) is 11.3 Å². The van der Waals surface area contributed by atoms with Crippen molar-refractivity contribution >= 4 is 21.9 Å². The summed E-state index contributed by atoms with van der Waals surface area (Å²) in [7, 11) is 1.25. The van der Waals surface area contributed by atoms with Crippen LogP contribution in [0.25, 0.3) is 5.69 Å². The van der Waals surface area contributed by atoms with Crippen LogP contribution in [0.5, 0.6) is 0 Å². The van der Waals surface area contributed by atoms with Gasteiger partial charge in [0.1, 0.15) is 12.2 Å². The molecule has 0 radical (unpaired) electrons. The maximum atomic E-state index is 13.1. The molecular formula is C12H10BrFN2O2. The first-order valence-corrected chi connectivity index (χ1v) is 5.93. The molecule has 94 valence electrons. The molecule has 6 heteroatoms. The van der Waals surface area contributed by atoms with Gasteiger partial charge in [-0.3, -0.25) is 0 Å². The van der Waals surface area contributed by atoms with E-state index in [1.165, 1.54) is 18.0 Å². The van der Waals surface area contributed by atoms with Crippen LogP contribution >= 0.6 is 15.9 Å². The summed E-state index contributed by atoms with van der Waals surface area (Å²) in [4.78, 5) is 11.5. The lowest BCUT2D eigenvalue weighted by atomic mass is 10.2. The second-order valence-electron chi connectivity index (χ2n) is 3.52. The maximum absolute atomic E-state index is 13.1. The van der Waals surface area contributed by atoms with Crippen molar-refractivity contribution in [2.24, 2.45) is 0 Å². The van der Waals surface area contributed by atoms with E-state index in [1.807, 2.05) is 6.07 Å². The predicted octanol–water partition coefficient (Wildman–Crippen LogP) is 2.89. The van der Waals surface area contributed by atoms with Gasteiger partial charge >= 0.3 is 5.97 Å². The minimum atomic E-state index is -0.795. The van der Waals surface area contributed by atoms with Crippen molar-refractivity contribution in [2.45, 2.75) is 6.67 Å². The van der Waals surface area contributed by atoms with Crippen LogP contribution in [-0.2, 0) is 11.4 Å². The van der Waals surface area contributed by atoms with Gasteiger partial charge in [-0.1, -0.05) is 22.0 Å². The average molecular weight is 313 g/mol. The molecule has 0 fully saturated rings. The molecule has 0 saturated heterocycles. The van der Waals surface area contributed by atoms with E-state index in [1.54, 1.807) is 18.2 Å². The number of rotatable bonds is 3. The summed E-state index contributed by atoms with van der Waals surface area (Å²) < 4.78 is 19.9. The lowest BCUT2D eigenvalue weighted by Crippen LogP contribution is -2.07. The van der Waals surface area contributed by atoms with Gasteiger partial charge in [0.05, 0.1) is 24.7 Å². The van der Waals surface area contributed by atoms with Crippen LogP contribution in [0, 0.1) is 0 Å². The number of esters is 1. The van der Waals surface area contributed by atoms with E-state index in [0.29, 0.717) is 5.69 Å². The number of benzene rings is 1. The van der Waals surface area contributed by atoms with Crippen LogP contribution in [0.15, 0.2) is 34.9 Å². The molecule has 1 heterocycles. The van der Waals surface area contributed by atoms with E-state index < -0.39 is 12.6 Å². The molecule has 1 aromatic carbocycles. The zero-order valence-electron chi connectivity index (χ0n) is 9.56. The second kappa shape index (κ2) is 5.30. The van der Waals surface area contributed by atoms with Gasteiger partial charge in [-0.15, -0.1) is 0 Å². The molecule has 0 aliphatic heterocycles. The fourth-order valence-corrected chi connectivity index (χ4v) is 2.00. The highest BCUT2D eigenvalue weighted by molar-refractivity contribution is 9.10. The highest BCUT2D eigenvalue weighted by atomic mass is 79.9. The van der Waals surface area contributed by atoms with E-state index in [2.05, 4.69) is 25.8 Å². The third-order valence-electron chi connectivity index (χ3n) is 2.45. The minimum Gasteiger partial charge on any atom is -0.465 e. The molecule has 1 aromatic heterocycles. The molecule has 0 aliphatic rings. The summed E-state index contributed by atoms with van der Waals surface area (Å²) >= 11 is 3.33. The van der Waals surface area contributed by atoms with Crippen molar-refractivity contribution in [3.63, 3.8) is 0 Å². The highest BCUT2D eigenvalue weighted by Gasteiger charge is 2.18. The van der Waals surface area contributed by atoms with Crippen molar-refractivity contribution in [1.82, 2.24) is 9.78 Å². The van der Waals surface area contributed by atoms with Gasteiger partial charge < -0.3 is 4.74 Å². The number of nitrogens with zero attached hydrogens (tertiary/aromatic N) is 2. The van der Waals surface area contributed by atoms with Crippen molar-refractivity contribution in [3.8, 4) is 5.69 Å². The molecule has 0 N–H and O–H groups in total. The summed E-state index contributed by atoms with van der Waals surface area (Å²) in [6, 6.07) is 7.22. The minimum absolute atomic E-state index is 0.139. The lowest BCUT2D eigenvalue weighted by Gasteiger charge is -2.06. The van der Waals surface area contributed by atoms with Crippen LogP contribution in [0.4, 0.5) is 4.39 Å². The van der Waals surface area contributed by atoms with Crippen LogP contribution in [0.3, 0.4) is 0 Å². The molecule has 0 unspecified atom stereocenters. The lowest BCUT2D eigenvalue weighted by molar-refractivity contribution is 0.0598. The molecule has 0 saturated carbocycles. The van der Waals surface area contributed by atoms with Crippen molar-refractivity contribution < 1.29 is 13.9 Å². The van der Waals surface area contributed by atoms with Gasteiger partial charge in [-0.05, 0) is 18.2 Å². The zero-order valence-corrected chi connectivity index (χ0v) is 11.1. The Morgan fingerprint density at radius 2 is 2.33 bits per heavy atom. The summed E-state index contributed by atoms with van der Waals surface area (Å²) in [5.41, 5.74) is 0.993. The number of aromatic nitrogens is 2. The molecule has 0 bridgehead atoms.